The molecule has 9 heteroatoms. The second-order valence-electron chi connectivity index (χ2n) is 5.70. The van der Waals surface area contributed by atoms with Gasteiger partial charge in [0, 0.05) is 55.4 Å². The zero-order valence-corrected chi connectivity index (χ0v) is 15.7. The first-order valence-corrected chi connectivity index (χ1v) is 9.57. The van der Waals surface area contributed by atoms with Crippen molar-refractivity contribution in [3.63, 3.8) is 0 Å². The van der Waals surface area contributed by atoms with Gasteiger partial charge in [-0.15, -0.1) is 12.4 Å². The molecule has 2 heterocycles. The van der Waals surface area contributed by atoms with Crippen LogP contribution in [0.15, 0.2) is 23.1 Å². The predicted octanol–water partition coefficient (Wildman–Crippen LogP) is 2.08. The van der Waals surface area contributed by atoms with Gasteiger partial charge >= 0.3 is 0 Å². The number of benzene rings is 1. The standard InChI is InChI=1S/C14H19Cl2N3O2S.ClH/c15-11-7-12(16)9-14(8-11)22(20,21)19-4-1-13(10-19)18-5-2-17-3-6-18;/h7-9,13,17H,1-6,10H2;1H. The Bertz CT molecular complexity index is 630. The van der Waals surface area contributed by atoms with E-state index >= 15 is 0 Å². The van der Waals surface area contributed by atoms with Gasteiger partial charge in [0.15, 0.2) is 0 Å². The number of rotatable bonds is 3. The molecule has 2 aliphatic rings. The number of hydrogen-bond acceptors (Lipinski definition) is 4. The lowest BCUT2D eigenvalue weighted by atomic mass is 10.2. The molecule has 1 atom stereocenters. The minimum Gasteiger partial charge on any atom is -0.314 e. The molecular weight excluding hydrogens is 381 g/mol. The van der Waals surface area contributed by atoms with E-state index in [1.165, 1.54) is 18.2 Å². The van der Waals surface area contributed by atoms with Crippen molar-refractivity contribution in [2.75, 3.05) is 39.3 Å². The minimum absolute atomic E-state index is 0. The highest BCUT2D eigenvalue weighted by Crippen LogP contribution is 2.28. The highest BCUT2D eigenvalue weighted by Gasteiger charge is 2.35. The lowest BCUT2D eigenvalue weighted by Gasteiger charge is -2.32. The number of nitrogens with one attached hydrogen (secondary N) is 1. The summed E-state index contributed by atoms with van der Waals surface area (Å²) in [7, 11) is -3.53. The summed E-state index contributed by atoms with van der Waals surface area (Å²) in [5.41, 5.74) is 0. The third kappa shape index (κ3) is 4.31. The Morgan fingerprint density at radius 3 is 2.26 bits per heavy atom. The Morgan fingerprint density at radius 1 is 1.04 bits per heavy atom. The normalized spacial score (nSPS) is 23.7. The van der Waals surface area contributed by atoms with E-state index < -0.39 is 10.0 Å². The highest BCUT2D eigenvalue weighted by atomic mass is 35.5. The van der Waals surface area contributed by atoms with Gasteiger partial charge in [-0.05, 0) is 24.6 Å². The molecule has 1 N–H and O–H groups in total. The highest BCUT2D eigenvalue weighted by molar-refractivity contribution is 7.89. The molecule has 0 amide bonds. The van der Waals surface area contributed by atoms with Gasteiger partial charge in [0.1, 0.15) is 0 Å². The second-order valence-corrected chi connectivity index (χ2v) is 8.51. The van der Waals surface area contributed by atoms with E-state index in [0.29, 0.717) is 29.2 Å². The number of hydrogen-bond donors (Lipinski definition) is 1. The minimum atomic E-state index is -3.53. The second kappa shape index (κ2) is 7.87. The van der Waals surface area contributed by atoms with E-state index in [1.807, 2.05) is 0 Å². The quantitative estimate of drug-likeness (QED) is 0.844. The van der Waals surface area contributed by atoms with Crippen LogP contribution in [0.5, 0.6) is 0 Å². The average molecular weight is 401 g/mol. The molecule has 3 rings (SSSR count). The number of halogens is 3. The molecule has 0 saturated carbocycles. The van der Waals surface area contributed by atoms with Crippen molar-refractivity contribution in [3.05, 3.63) is 28.2 Å². The number of nitrogens with zero attached hydrogens (tertiary/aromatic N) is 2. The molecule has 0 aliphatic carbocycles. The van der Waals surface area contributed by atoms with Crippen LogP contribution in [0, 0.1) is 0 Å². The Kier molecular flexibility index (Phi) is 6.58. The lowest BCUT2D eigenvalue weighted by Crippen LogP contribution is -2.49. The van der Waals surface area contributed by atoms with Gasteiger partial charge in [0.05, 0.1) is 4.90 Å². The van der Waals surface area contributed by atoms with Crippen molar-refractivity contribution in [2.45, 2.75) is 17.4 Å². The topological polar surface area (TPSA) is 52.7 Å². The van der Waals surface area contributed by atoms with Crippen molar-refractivity contribution in [1.82, 2.24) is 14.5 Å². The Hall–Kier alpha value is -0.0800. The molecule has 0 radical (unpaired) electrons. The van der Waals surface area contributed by atoms with E-state index in [0.717, 1.165) is 32.6 Å². The maximum Gasteiger partial charge on any atom is 0.243 e. The van der Waals surface area contributed by atoms with Crippen molar-refractivity contribution in [2.24, 2.45) is 0 Å². The predicted molar refractivity (Wildman–Crippen MR) is 95.3 cm³/mol. The van der Waals surface area contributed by atoms with Gasteiger partial charge in [0.2, 0.25) is 10.0 Å². The zero-order chi connectivity index (χ0) is 15.7. The van der Waals surface area contributed by atoms with Crippen LogP contribution in [0.1, 0.15) is 6.42 Å². The fraction of sp³-hybridized carbons (Fsp3) is 0.571. The Morgan fingerprint density at radius 2 is 1.65 bits per heavy atom. The van der Waals surface area contributed by atoms with Crippen LogP contribution in [0.4, 0.5) is 0 Å². The molecule has 0 bridgehead atoms. The van der Waals surface area contributed by atoms with Crippen LogP contribution in [-0.2, 0) is 10.0 Å². The molecule has 2 fully saturated rings. The summed E-state index contributed by atoms with van der Waals surface area (Å²) in [5.74, 6) is 0. The first-order chi connectivity index (χ1) is 10.5. The van der Waals surface area contributed by atoms with Gasteiger partial charge in [-0.1, -0.05) is 23.2 Å². The van der Waals surface area contributed by atoms with Gasteiger partial charge in [-0.3, -0.25) is 4.90 Å². The molecule has 130 valence electrons. The molecule has 5 nitrogen and oxygen atoms in total. The molecular formula is C14H20Cl3N3O2S. The third-order valence-electron chi connectivity index (χ3n) is 4.27. The number of piperazine rings is 1. The fourth-order valence-corrected chi connectivity index (χ4v) is 5.32. The molecule has 2 aliphatic heterocycles. The van der Waals surface area contributed by atoms with E-state index in [2.05, 4.69) is 10.2 Å². The van der Waals surface area contributed by atoms with Crippen LogP contribution < -0.4 is 5.32 Å². The first kappa shape index (κ1) is 19.2. The summed E-state index contributed by atoms with van der Waals surface area (Å²) >= 11 is 11.9. The Labute approximate surface area is 153 Å². The summed E-state index contributed by atoms with van der Waals surface area (Å²) in [6.07, 6.45) is 0.869. The monoisotopic (exact) mass is 399 g/mol. The van der Waals surface area contributed by atoms with Crippen LogP contribution >= 0.6 is 35.6 Å². The van der Waals surface area contributed by atoms with E-state index in [4.69, 9.17) is 23.2 Å². The summed E-state index contributed by atoms with van der Waals surface area (Å²) < 4.78 is 27.0. The molecule has 0 spiro atoms. The van der Waals surface area contributed by atoms with Gasteiger partial charge < -0.3 is 5.32 Å². The SMILES string of the molecule is Cl.O=S(=O)(c1cc(Cl)cc(Cl)c1)N1CCC(N2CCNCC2)C1. The molecule has 0 aromatic heterocycles. The van der Waals surface area contributed by atoms with Gasteiger partial charge in [0.25, 0.3) is 0 Å². The van der Waals surface area contributed by atoms with Crippen LogP contribution in [0.3, 0.4) is 0 Å². The van der Waals surface area contributed by atoms with Gasteiger partial charge in [-0.25, -0.2) is 8.42 Å². The molecule has 1 aromatic rings. The van der Waals surface area contributed by atoms with E-state index in [9.17, 15) is 8.42 Å². The molecule has 1 aromatic carbocycles. The van der Waals surface area contributed by atoms with Crippen LogP contribution in [0.25, 0.3) is 0 Å². The Balaban J connectivity index is 0.00000192. The van der Waals surface area contributed by atoms with Crippen molar-refractivity contribution < 1.29 is 8.42 Å². The average Bonchev–Trinajstić information content (AvgIpc) is 2.98. The van der Waals surface area contributed by atoms with Crippen LogP contribution in [-0.4, -0.2) is 62.9 Å². The smallest absolute Gasteiger partial charge is 0.243 e. The summed E-state index contributed by atoms with van der Waals surface area (Å²) in [6.45, 7) is 4.96. The maximum atomic E-state index is 12.7. The molecule has 2 saturated heterocycles. The lowest BCUT2D eigenvalue weighted by molar-refractivity contribution is 0.179. The number of sulfonamides is 1. The van der Waals surface area contributed by atoms with Crippen molar-refractivity contribution in [3.8, 4) is 0 Å². The molecule has 23 heavy (non-hydrogen) atoms. The largest absolute Gasteiger partial charge is 0.314 e. The summed E-state index contributed by atoms with van der Waals surface area (Å²) in [6, 6.07) is 4.75. The summed E-state index contributed by atoms with van der Waals surface area (Å²) in [5, 5.41) is 3.99. The van der Waals surface area contributed by atoms with Crippen molar-refractivity contribution in [1.29, 1.82) is 0 Å². The summed E-state index contributed by atoms with van der Waals surface area (Å²) in [4.78, 5) is 2.54. The maximum absolute atomic E-state index is 12.7. The van der Waals surface area contributed by atoms with E-state index in [-0.39, 0.29) is 17.3 Å². The molecule has 1 unspecified atom stereocenters. The van der Waals surface area contributed by atoms with Crippen LogP contribution in [0.2, 0.25) is 10.0 Å². The van der Waals surface area contributed by atoms with E-state index in [1.54, 1.807) is 4.31 Å². The van der Waals surface area contributed by atoms with Crippen molar-refractivity contribution >= 4 is 45.6 Å². The zero-order valence-electron chi connectivity index (χ0n) is 12.5. The third-order valence-corrected chi connectivity index (χ3v) is 6.55. The fourth-order valence-electron chi connectivity index (χ4n) is 3.10. The van der Waals surface area contributed by atoms with Gasteiger partial charge in [-0.2, -0.15) is 4.31 Å². The first-order valence-electron chi connectivity index (χ1n) is 7.38.